The third kappa shape index (κ3) is 16.7. The minimum absolute atomic E-state index is 0.0344. The van der Waals surface area contributed by atoms with E-state index in [1.54, 1.807) is 43.3 Å². The maximum atomic E-state index is 16.0. The van der Waals surface area contributed by atoms with Gasteiger partial charge in [0.05, 0.1) is 13.2 Å². The van der Waals surface area contributed by atoms with Gasteiger partial charge in [0.2, 0.25) is 11.6 Å². The number of Topliss-reactive ketones (excluding diaryl/α,β-unsaturated/α-hetero) is 2. The lowest BCUT2D eigenvalue weighted by molar-refractivity contribution is -0.169. The van der Waals surface area contributed by atoms with E-state index in [0.29, 0.717) is 33.7 Å². The van der Waals surface area contributed by atoms with Gasteiger partial charge in [-0.3, -0.25) is 9.59 Å². The van der Waals surface area contributed by atoms with E-state index >= 15 is 4.39 Å². The van der Waals surface area contributed by atoms with Gasteiger partial charge < -0.3 is 33.2 Å². The summed E-state index contributed by atoms with van der Waals surface area (Å²) in [4.78, 5) is 75.4. The van der Waals surface area contributed by atoms with Crippen molar-refractivity contribution in [2.24, 2.45) is 11.3 Å². The topological polar surface area (TPSA) is 167 Å². The van der Waals surface area contributed by atoms with Gasteiger partial charge in [0, 0.05) is 43.8 Å². The van der Waals surface area contributed by atoms with Gasteiger partial charge in [-0.2, -0.15) is 0 Å². The minimum Gasteiger partial charge on any atom is -0.493 e. The first-order valence-corrected chi connectivity index (χ1v) is 22.8. The second kappa shape index (κ2) is 27.0. The third-order valence-corrected chi connectivity index (χ3v) is 11.8. The molecule has 362 valence electrons. The van der Waals surface area contributed by atoms with E-state index in [9.17, 15) is 28.8 Å². The van der Waals surface area contributed by atoms with E-state index in [-0.39, 0.29) is 55.4 Å². The van der Waals surface area contributed by atoms with Crippen molar-refractivity contribution in [3.05, 3.63) is 102 Å². The van der Waals surface area contributed by atoms with Gasteiger partial charge in [0.1, 0.15) is 50.0 Å². The van der Waals surface area contributed by atoms with Crippen LogP contribution in [0.1, 0.15) is 102 Å². The van der Waals surface area contributed by atoms with Gasteiger partial charge in [-0.15, -0.1) is 0 Å². The van der Waals surface area contributed by atoms with Crippen LogP contribution in [0.4, 0.5) is 4.39 Å². The molecule has 0 aliphatic heterocycles. The monoisotopic (exact) mass is 928 g/mol. The van der Waals surface area contributed by atoms with E-state index in [2.05, 4.69) is 20.1 Å². The highest BCUT2D eigenvalue weighted by Crippen LogP contribution is 2.40. The SMILES string of the molecule is C=C(C)C(=O)OCc1cc(-c2ccc(C3CCC(CCCCC)CC3)cc2F)ccc1-c1ccc(OCC(COC(=O)C(=C)C)(COC(=O)C(=O)CCOC)COC(=O)C(=O)CCOC)cc1. The first-order chi connectivity index (χ1) is 32.1. The molecule has 4 rings (SSSR count). The number of esters is 4. The summed E-state index contributed by atoms with van der Waals surface area (Å²) in [5.74, 6) is -4.54. The summed E-state index contributed by atoms with van der Waals surface area (Å²) in [7, 11) is 2.73. The molecule has 1 saturated carbocycles. The lowest BCUT2D eigenvalue weighted by Gasteiger charge is -2.31. The molecule has 0 unspecified atom stereocenters. The number of carbonyl (C=O) groups is 6. The quantitative estimate of drug-likeness (QED) is 0.0222. The molecule has 1 fully saturated rings. The van der Waals surface area contributed by atoms with Crippen molar-refractivity contribution in [2.75, 3.05) is 53.9 Å². The highest BCUT2D eigenvalue weighted by atomic mass is 19.1. The highest BCUT2D eigenvalue weighted by molar-refractivity contribution is 6.34. The van der Waals surface area contributed by atoms with E-state index in [0.717, 1.165) is 24.3 Å². The molecule has 0 aromatic heterocycles. The molecule has 67 heavy (non-hydrogen) atoms. The standard InChI is InChI=1S/C53H65FO13/c1-8-9-10-11-37-12-14-38(15-13-37)40-18-23-45(46(54)29-40)41-19-22-44(42(28-41)30-63-49(57)35(2)3)39-16-20-43(21-17-39)64-31-53(32-65-50(58)36(4)5,33-66-51(59)47(55)24-26-61-6)34-67-52(60)48(56)25-27-62-7/h16-23,28-29,37-38H,2,4,8-15,24-27,30-34H2,1,3,5-7H3. The Hall–Kier alpha value is -5.99. The van der Waals surface area contributed by atoms with E-state index in [1.165, 1.54) is 59.7 Å². The fraction of sp³-hybridized carbons (Fsp3) is 0.472. The van der Waals surface area contributed by atoms with E-state index in [4.69, 9.17) is 33.2 Å². The van der Waals surface area contributed by atoms with Gasteiger partial charge in [-0.25, -0.2) is 23.6 Å². The van der Waals surface area contributed by atoms with Crippen molar-refractivity contribution in [3.8, 4) is 28.0 Å². The summed E-state index contributed by atoms with van der Waals surface area (Å²) in [5, 5.41) is 0. The first kappa shape index (κ1) is 53.6. The summed E-state index contributed by atoms with van der Waals surface area (Å²) in [5.41, 5.74) is 2.67. The van der Waals surface area contributed by atoms with Gasteiger partial charge in [-0.1, -0.05) is 82.2 Å². The Balaban J connectivity index is 1.60. The Morgan fingerprint density at radius 2 is 1.18 bits per heavy atom. The van der Waals surface area contributed by atoms with Gasteiger partial charge in [0.15, 0.2) is 0 Å². The molecule has 0 N–H and O–H groups in total. The molecule has 14 heteroatoms. The predicted molar refractivity (Wildman–Crippen MR) is 249 cm³/mol. The lowest BCUT2D eigenvalue weighted by atomic mass is 9.77. The highest BCUT2D eigenvalue weighted by Gasteiger charge is 2.39. The molecule has 0 radical (unpaired) electrons. The molecule has 0 atom stereocenters. The fourth-order valence-corrected chi connectivity index (χ4v) is 7.67. The number of ketones is 2. The third-order valence-electron chi connectivity index (χ3n) is 11.8. The fourth-order valence-electron chi connectivity index (χ4n) is 7.67. The maximum Gasteiger partial charge on any atom is 0.374 e. The van der Waals surface area contributed by atoms with Crippen molar-refractivity contribution in [2.45, 2.75) is 97.5 Å². The van der Waals surface area contributed by atoms with Gasteiger partial charge >= 0.3 is 23.9 Å². The zero-order valence-corrected chi connectivity index (χ0v) is 39.5. The summed E-state index contributed by atoms with van der Waals surface area (Å²) >= 11 is 0. The van der Waals surface area contributed by atoms with Crippen LogP contribution >= 0.6 is 0 Å². The van der Waals surface area contributed by atoms with Crippen molar-refractivity contribution >= 4 is 35.4 Å². The van der Waals surface area contributed by atoms with Gasteiger partial charge in [0.25, 0.3) is 0 Å². The molecular formula is C53H65FO13. The number of hydrogen-bond donors (Lipinski definition) is 0. The Morgan fingerprint density at radius 1 is 0.642 bits per heavy atom. The zero-order valence-electron chi connectivity index (χ0n) is 39.5. The maximum absolute atomic E-state index is 16.0. The normalized spacial score (nSPS) is 14.7. The molecule has 3 aromatic carbocycles. The number of unbranched alkanes of at least 4 members (excludes halogenated alkanes) is 2. The Morgan fingerprint density at radius 3 is 1.72 bits per heavy atom. The van der Waals surface area contributed by atoms with Crippen LogP contribution in [0.15, 0.2) is 85.0 Å². The molecule has 0 heterocycles. The van der Waals surface area contributed by atoms with Gasteiger partial charge in [-0.05, 0) is 103 Å². The first-order valence-electron chi connectivity index (χ1n) is 22.8. The van der Waals surface area contributed by atoms with Crippen LogP contribution in [0.2, 0.25) is 0 Å². The number of benzene rings is 3. The van der Waals surface area contributed by atoms with E-state index in [1.807, 2.05) is 24.3 Å². The number of hydrogen-bond acceptors (Lipinski definition) is 13. The van der Waals surface area contributed by atoms with Crippen molar-refractivity contribution < 1.29 is 66.3 Å². The van der Waals surface area contributed by atoms with Crippen molar-refractivity contribution in [1.82, 2.24) is 0 Å². The van der Waals surface area contributed by atoms with Crippen LogP contribution in [0, 0.1) is 17.2 Å². The molecule has 3 aromatic rings. The number of methoxy groups -OCH3 is 2. The Bertz CT molecular complexity index is 2170. The summed E-state index contributed by atoms with van der Waals surface area (Å²) < 4.78 is 53.6. The van der Waals surface area contributed by atoms with E-state index < -0.39 is 67.3 Å². The molecule has 0 bridgehead atoms. The Labute approximate surface area is 393 Å². The van der Waals surface area contributed by atoms with Crippen LogP contribution in [0.25, 0.3) is 22.3 Å². The minimum atomic E-state index is -1.63. The summed E-state index contributed by atoms with van der Waals surface area (Å²) in [6.07, 6.45) is 8.94. The van der Waals surface area contributed by atoms with Crippen molar-refractivity contribution in [1.29, 1.82) is 0 Å². The molecule has 13 nitrogen and oxygen atoms in total. The number of ether oxygens (including phenoxy) is 7. The molecule has 1 aliphatic rings. The Kier molecular flexibility index (Phi) is 21.6. The van der Waals surface area contributed by atoms with Crippen LogP contribution in [-0.2, 0) is 63.8 Å². The lowest BCUT2D eigenvalue weighted by Crippen LogP contribution is -2.45. The largest absolute Gasteiger partial charge is 0.493 e. The molecule has 1 aliphatic carbocycles. The second-order valence-electron chi connectivity index (χ2n) is 17.3. The average Bonchev–Trinajstić information content (AvgIpc) is 3.33. The second-order valence-corrected chi connectivity index (χ2v) is 17.3. The van der Waals surface area contributed by atoms with Crippen LogP contribution in [-0.4, -0.2) is 89.3 Å². The van der Waals surface area contributed by atoms with Crippen LogP contribution in [0.5, 0.6) is 5.75 Å². The smallest absolute Gasteiger partial charge is 0.374 e. The molecule has 0 saturated heterocycles. The summed E-state index contributed by atoms with van der Waals surface area (Å²) in [6, 6.07) is 17.7. The molecule has 0 amide bonds. The number of rotatable bonds is 28. The van der Waals surface area contributed by atoms with Crippen molar-refractivity contribution in [3.63, 3.8) is 0 Å². The molecular weight excluding hydrogens is 864 g/mol. The van der Waals surface area contributed by atoms with Crippen LogP contribution < -0.4 is 4.74 Å². The number of halogens is 1. The average molecular weight is 929 g/mol. The van der Waals surface area contributed by atoms with Crippen LogP contribution in [0.3, 0.4) is 0 Å². The molecule has 0 spiro atoms. The zero-order chi connectivity index (χ0) is 48.9. The predicted octanol–water partition coefficient (Wildman–Crippen LogP) is 9.42. The number of carbonyl (C=O) groups excluding carboxylic acids is 6. The summed E-state index contributed by atoms with van der Waals surface area (Å²) in [6.45, 7) is 10.1.